The summed E-state index contributed by atoms with van der Waals surface area (Å²) in [5.41, 5.74) is 0.826. The standard InChI is InChI=1S/C18H12N4O4S2/c1-27-18-21-28-17-20-15(23)12(14(19)22(17)18)9-10-4-6-11(7-5-10)26-16(24)13-3-2-8-25-13/h2-9,19H,1H3/b12-9-,19-14?. The molecule has 8 nitrogen and oxygen atoms in total. The van der Waals surface area contributed by atoms with E-state index in [2.05, 4.69) is 9.39 Å². The van der Waals surface area contributed by atoms with E-state index < -0.39 is 11.9 Å². The van der Waals surface area contributed by atoms with E-state index in [0.717, 1.165) is 11.9 Å². The predicted molar refractivity (Wildman–Crippen MR) is 109 cm³/mol. The Morgan fingerprint density at radius 2 is 2.11 bits per heavy atom. The van der Waals surface area contributed by atoms with E-state index in [0.29, 0.717) is 21.6 Å². The molecule has 3 heterocycles. The molecule has 1 amide bonds. The summed E-state index contributed by atoms with van der Waals surface area (Å²) in [6, 6.07) is 9.67. The second-order valence-electron chi connectivity index (χ2n) is 5.55. The molecule has 28 heavy (non-hydrogen) atoms. The van der Waals surface area contributed by atoms with Crippen molar-refractivity contribution in [2.45, 2.75) is 0 Å². The molecular formula is C18H12N4O4S2. The molecule has 0 fully saturated rings. The first-order chi connectivity index (χ1) is 13.6. The fourth-order valence-corrected chi connectivity index (χ4v) is 3.94. The molecule has 0 saturated carbocycles. The molecule has 0 unspecified atom stereocenters. The van der Waals surface area contributed by atoms with E-state index in [4.69, 9.17) is 14.6 Å². The molecule has 0 aliphatic carbocycles. The van der Waals surface area contributed by atoms with Gasteiger partial charge in [0.15, 0.2) is 5.17 Å². The van der Waals surface area contributed by atoms with Crippen molar-refractivity contribution in [2.24, 2.45) is 9.39 Å². The maximum Gasteiger partial charge on any atom is 0.379 e. The van der Waals surface area contributed by atoms with Gasteiger partial charge in [-0.3, -0.25) is 10.2 Å². The van der Waals surface area contributed by atoms with E-state index in [1.807, 2.05) is 6.26 Å². The SMILES string of the molecule is CSC1=NSC2=NC(=O)/C(=C\c3ccc(OC(=O)c4ccco4)cc3)C(=N)N12. The van der Waals surface area contributed by atoms with Crippen molar-refractivity contribution >= 4 is 57.8 Å². The fourth-order valence-electron chi connectivity index (χ4n) is 2.48. The van der Waals surface area contributed by atoms with Crippen LogP contribution in [-0.2, 0) is 4.79 Å². The number of amides is 1. The predicted octanol–water partition coefficient (Wildman–Crippen LogP) is 3.44. The lowest BCUT2D eigenvalue weighted by Gasteiger charge is -2.23. The van der Waals surface area contributed by atoms with E-state index in [-0.39, 0.29) is 17.2 Å². The van der Waals surface area contributed by atoms with Crippen LogP contribution in [-0.4, -0.2) is 39.2 Å². The number of nitrogens with zero attached hydrogens (tertiary/aromatic N) is 3. The van der Waals surface area contributed by atoms with Gasteiger partial charge in [0.2, 0.25) is 10.9 Å². The number of nitrogens with one attached hydrogen (secondary N) is 1. The number of carbonyl (C=O) groups excluding carboxylic acids is 2. The van der Waals surface area contributed by atoms with Crippen LogP contribution in [0.5, 0.6) is 5.75 Å². The van der Waals surface area contributed by atoms with Gasteiger partial charge in [0, 0.05) is 0 Å². The molecule has 2 aliphatic rings. The molecule has 0 bridgehead atoms. The molecule has 4 rings (SSSR count). The summed E-state index contributed by atoms with van der Waals surface area (Å²) >= 11 is 2.46. The van der Waals surface area contributed by atoms with Crippen LogP contribution in [0.1, 0.15) is 16.1 Å². The van der Waals surface area contributed by atoms with E-state index in [1.165, 1.54) is 24.1 Å². The van der Waals surface area contributed by atoms with Crippen LogP contribution in [0.4, 0.5) is 0 Å². The summed E-state index contributed by atoms with van der Waals surface area (Å²) < 4.78 is 14.4. The Labute approximate surface area is 168 Å². The average molecular weight is 412 g/mol. The van der Waals surface area contributed by atoms with Crippen molar-refractivity contribution in [1.82, 2.24) is 4.90 Å². The number of furan rings is 1. The molecule has 0 radical (unpaired) electrons. The Hall–Kier alpha value is -3.11. The van der Waals surface area contributed by atoms with Gasteiger partial charge < -0.3 is 9.15 Å². The average Bonchev–Trinajstić information content (AvgIpc) is 3.36. The van der Waals surface area contributed by atoms with Crippen molar-refractivity contribution < 1.29 is 18.7 Å². The Morgan fingerprint density at radius 1 is 1.32 bits per heavy atom. The summed E-state index contributed by atoms with van der Waals surface area (Å²) in [4.78, 5) is 29.8. The number of aliphatic imine (C=N–C) groups is 1. The number of hydrogen-bond donors (Lipinski definition) is 1. The number of esters is 1. The third-order valence-corrected chi connectivity index (χ3v) is 5.26. The van der Waals surface area contributed by atoms with Crippen LogP contribution >= 0.6 is 23.7 Å². The normalized spacial score (nSPS) is 17.5. The monoisotopic (exact) mass is 412 g/mol. The zero-order valence-electron chi connectivity index (χ0n) is 14.4. The Balaban J connectivity index is 1.54. The van der Waals surface area contributed by atoms with E-state index in [9.17, 15) is 9.59 Å². The minimum atomic E-state index is -0.599. The second-order valence-corrected chi connectivity index (χ2v) is 7.05. The number of carbonyl (C=O) groups is 2. The molecule has 1 aromatic carbocycles. The summed E-state index contributed by atoms with van der Waals surface area (Å²) in [5, 5.41) is 9.36. The van der Waals surface area contributed by atoms with Gasteiger partial charge in [-0.05, 0) is 42.2 Å². The third-order valence-electron chi connectivity index (χ3n) is 3.80. The lowest BCUT2D eigenvalue weighted by Crippen LogP contribution is -2.41. The molecule has 1 N–H and O–H groups in total. The number of ether oxygens (including phenoxy) is 1. The highest BCUT2D eigenvalue weighted by Crippen LogP contribution is 2.31. The van der Waals surface area contributed by atoms with Gasteiger partial charge in [0.25, 0.3) is 5.91 Å². The van der Waals surface area contributed by atoms with Crippen molar-refractivity contribution in [1.29, 1.82) is 5.41 Å². The van der Waals surface area contributed by atoms with Crippen molar-refractivity contribution in [3.8, 4) is 5.75 Å². The van der Waals surface area contributed by atoms with Gasteiger partial charge in [-0.2, -0.15) is 9.39 Å². The smallest absolute Gasteiger partial charge is 0.379 e. The van der Waals surface area contributed by atoms with Crippen LogP contribution < -0.4 is 4.74 Å². The molecule has 0 spiro atoms. The minimum Gasteiger partial charge on any atom is -0.457 e. The maximum atomic E-state index is 12.3. The Morgan fingerprint density at radius 3 is 2.79 bits per heavy atom. The first-order valence-corrected chi connectivity index (χ1v) is 9.95. The number of thioether (sulfide) groups is 1. The van der Waals surface area contributed by atoms with Crippen LogP contribution in [0.3, 0.4) is 0 Å². The molecule has 140 valence electrons. The molecule has 0 saturated heterocycles. The van der Waals surface area contributed by atoms with Gasteiger partial charge in [0.1, 0.15) is 11.6 Å². The number of fused-ring (bicyclic) bond motifs is 1. The van der Waals surface area contributed by atoms with Crippen LogP contribution in [0.2, 0.25) is 0 Å². The highest BCUT2D eigenvalue weighted by atomic mass is 32.2. The quantitative estimate of drug-likeness (QED) is 0.356. The number of rotatable bonds is 3. The Kier molecular flexibility index (Phi) is 4.88. The van der Waals surface area contributed by atoms with Crippen molar-refractivity contribution in [2.75, 3.05) is 6.26 Å². The van der Waals surface area contributed by atoms with Crippen molar-refractivity contribution in [3.63, 3.8) is 0 Å². The van der Waals surface area contributed by atoms with Gasteiger partial charge in [-0.1, -0.05) is 23.9 Å². The number of amidine groups is 3. The minimum absolute atomic E-state index is 0.0291. The van der Waals surface area contributed by atoms with Crippen LogP contribution in [0.25, 0.3) is 6.08 Å². The molecule has 0 atom stereocenters. The van der Waals surface area contributed by atoms with Gasteiger partial charge >= 0.3 is 5.97 Å². The first-order valence-electron chi connectivity index (χ1n) is 7.95. The number of hydrogen-bond acceptors (Lipinski definition) is 8. The summed E-state index contributed by atoms with van der Waals surface area (Å²) in [6.07, 6.45) is 4.81. The maximum absolute atomic E-state index is 12.3. The number of benzene rings is 1. The van der Waals surface area contributed by atoms with Crippen LogP contribution in [0.15, 0.2) is 62.0 Å². The van der Waals surface area contributed by atoms with Gasteiger partial charge in [0.05, 0.1) is 23.8 Å². The summed E-state index contributed by atoms with van der Waals surface area (Å²) in [6.45, 7) is 0. The van der Waals surface area contributed by atoms with Crippen molar-refractivity contribution in [3.05, 3.63) is 59.6 Å². The largest absolute Gasteiger partial charge is 0.457 e. The lowest BCUT2D eigenvalue weighted by molar-refractivity contribution is -0.114. The van der Waals surface area contributed by atoms with Gasteiger partial charge in [-0.25, -0.2) is 9.69 Å². The fraction of sp³-hybridized carbons (Fsp3) is 0.0556. The van der Waals surface area contributed by atoms with E-state index in [1.54, 1.807) is 41.3 Å². The second kappa shape index (κ2) is 7.49. The molecule has 2 aromatic rings. The molecular weight excluding hydrogens is 400 g/mol. The molecule has 10 heteroatoms. The van der Waals surface area contributed by atoms with Crippen LogP contribution in [0, 0.1) is 5.41 Å². The summed E-state index contributed by atoms with van der Waals surface area (Å²) in [5.74, 6) is -0.619. The summed E-state index contributed by atoms with van der Waals surface area (Å²) in [7, 11) is 0. The first kappa shape index (κ1) is 18.3. The lowest BCUT2D eigenvalue weighted by atomic mass is 10.1. The topological polar surface area (TPSA) is 108 Å². The molecule has 1 aromatic heterocycles. The zero-order chi connectivity index (χ0) is 19.7. The van der Waals surface area contributed by atoms with E-state index >= 15 is 0 Å². The Bertz CT molecular complexity index is 1060. The third kappa shape index (κ3) is 3.39. The highest BCUT2D eigenvalue weighted by molar-refractivity contribution is 8.18. The highest BCUT2D eigenvalue weighted by Gasteiger charge is 2.36. The molecule has 2 aliphatic heterocycles. The zero-order valence-corrected chi connectivity index (χ0v) is 16.0. The van der Waals surface area contributed by atoms with Gasteiger partial charge in [-0.15, -0.1) is 0 Å².